The molecule has 1 rings (SSSR count). The van der Waals surface area contributed by atoms with Crippen molar-refractivity contribution in [3.05, 3.63) is 0 Å². The van der Waals surface area contributed by atoms with E-state index in [1.807, 2.05) is 0 Å². The van der Waals surface area contributed by atoms with Gasteiger partial charge < -0.3 is 10.2 Å². The summed E-state index contributed by atoms with van der Waals surface area (Å²) in [5, 5.41) is 3.42. The van der Waals surface area contributed by atoms with Crippen molar-refractivity contribution in [2.45, 2.75) is 45.6 Å². The number of nitrogens with one attached hydrogen (secondary N) is 1. The zero-order valence-electron chi connectivity index (χ0n) is 10.4. The molecule has 1 aliphatic rings. The Labute approximate surface area is 94.0 Å². The van der Waals surface area contributed by atoms with Crippen molar-refractivity contribution in [1.82, 2.24) is 10.2 Å². The van der Waals surface area contributed by atoms with Gasteiger partial charge in [0, 0.05) is 25.6 Å². The Balaban J connectivity index is 1.93. The molecule has 0 aromatic heterocycles. The highest BCUT2D eigenvalue weighted by atomic mass is 15.1. The van der Waals surface area contributed by atoms with Crippen LogP contribution in [0.2, 0.25) is 0 Å². The van der Waals surface area contributed by atoms with E-state index in [2.05, 4.69) is 36.1 Å². The van der Waals surface area contributed by atoms with E-state index in [1.165, 1.54) is 31.6 Å². The molecule has 1 aliphatic heterocycles. The number of aliphatic imine (C=N–C) groups is 1. The van der Waals surface area contributed by atoms with Crippen LogP contribution >= 0.6 is 0 Å². The van der Waals surface area contributed by atoms with Gasteiger partial charge in [0.2, 0.25) is 0 Å². The van der Waals surface area contributed by atoms with Gasteiger partial charge in [0.25, 0.3) is 0 Å². The van der Waals surface area contributed by atoms with E-state index in [1.54, 1.807) is 0 Å². The van der Waals surface area contributed by atoms with Crippen molar-refractivity contribution in [1.29, 1.82) is 0 Å². The third-order valence-corrected chi connectivity index (χ3v) is 3.02. The molecule has 0 aromatic carbocycles. The molecule has 0 bridgehead atoms. The first-order valence-corrected chi connectivity index (χ1v) is 6.17. The molecule has 0 fully saturated rings. The second-order valence-corrected chi connectivity index (χ2v) is 4.64. The maximum atomic E-state index is 4.39. The van der Waals surface area contributed by atoms with E-state index in [0.717, 1.165) is 19.5 Å². The minimum atomic E-state index is 0.664. The van der Waals surface area contributed by atoms with Gasteiger partial charge in [0.05, 0.1) is 5.84 Å². The lowest BCUT2D eigenvalue weighted by molar-refractivity contribution is 0.268. The van der Waals surface area contributed by atoms with Gasteiger partial charge in [-0.15, -0.1) is 0 Å². The monoisotopic (exact) mass is 211 g/mol. The largest absolute Gasteiger partial charge is 0.374 e. The van der Waals surface area contributed by atoms with Crippen LogP contribution in [0.15, 0.2) is 4.99 Å². The Kier molecular flexibility index (Phi) is 5.69. The van der Waals surface area contributed by atoms with Crippen molar-refractivity contribution in [2.75, 3.05) is 26.7 Å². The lowest BCUT2D eigenvalue weighted by Crippen LogP contribution is -2.28. The van der Waals surface area contributed by atoms with Crippen LogP contribution in [-0.4, -0.2) is 43.5 Å². The summed E-state index contributed by atoms with van der Waals surface area (Å²) in [5.41, 5.74) is 0. The van der Waals surface area contributed by atoms with E-state index in [0.29, 0.717) is 6.04 Å². The van der Waals surface area contributed by atoms with Crippen molar-refractivity contribution in [2.24, 2.45) is 4.99 Å². The zero-order valence-corrected chi connectivity index (χ0v) is 10.4. The van der Waals surface area contributed by atoms with E-state index < -0.39 is 0 Å². The first-order valence-electron chi connectivity index (χ1n) is 6.17. The highest BCUT2D eigenvalue weighted by molar-refractivity contribution is 5.83. The molecule has 0 aromatic rings. The molecule has 3 nitrogen and oxygen atoms in total. The van der Waals surface area contributed by atoms with E-state index in [4.69, 9.17) is 0 Å². The fourth-order valence-corrected chi connectivity index (χ4v) is 1.66. The van der Waals surface area contributed by atoms with Gasteiger partial charge in [0.15, 0.2) is 0 Å². The third kappa shape index (κ3) is 5.17. The molecule has 0 unspecified atom stereocenters. The fraction of sp³-hybridized carbons (Fsp3) is 0.917. The van der Waals surface area contributed by atoms with Crippen molar-refractivity contribution < 1.29 is 0 Å². The molecule has 0 saturated heterocycles. The van der Waals surface area contributed by atoms with Crippen LogP contribution in [0.1, 0.15) is 39.5 Å². The minimum Gasteiger partial charge on any atom is -0.374 e. The van der Waals surface area contributed by atoms with Crippen LogP contribution in [0.25, 0.3) is 0 Å². The molecular weight excluding hydrogens is 186 g/mol. The van der Waals surface area contributed by atoms with E-state index in [9.17, 15) is 0 Å². The number of hydrogen-bond donors (Lipinski definition) is 1. The number of nitrogens with zero attached hydrogens (tertiary/aromatic N) is 2. The standard InChI is InChI=1S/C12H25N3/c1-11(2)15(3)10-5-4-8-13-12-7-6-9-14-12/h11H,4-10H2,1-3H3,(H,13,14). The van der Waals surface area contributed by atoms with E-state index in [-0.39, 0.29) is 0 Å². The van der Waals surface area contributed by atoms with Gasteiger partial charge >= 0.3 is 0 Å². The molecule has 88 valence electrons. The SMILES string of the molecule is CC(C)N(C)CCCCNC1=NCCC1. The molecule has 0 atom stereocenters. The van der Waals surface area contributed by atoms with Crippen molar-refractivity contribution >= 4 is 5.84 Å². The highest BCUT2D eigenvalue weighted by Gasteiger charge is 2.05. The Bertz CT molecular complexity index is 199. The predicted octanol–water partition coefficient (Wildman–Crippen LogP) is 1.89. The fourth-order valence-electron chi connectivity index (χ4n) is 1.66. The van der Waals surface area contributed by atoms with Gasteiger partial charge in [-0.3, -0.25) is 4.99 Å². The van der Waals surface area contributed by atoms with Crippen LogP contribution in [-0.2, 0) is 0 Å². The molecule has 0 amide bonds. The summed E-state index contributed by atoms with van der Waals surface area (Å²) in [6.45, 7) is 7.80. The van der Waals surface area contributed by atoms with Gasteiger partial charge in [-0.25, -0.2) is 0 Å². The summed E-state index contributed by atoms with van der Waals surface area (Å²) in [6.07, 6.45) is 4.91. The number of amidine groups is 1. The second kappa shape index (κ2) is 6.83. The Hall–Kier alpha value is -0.570. The quantitative estimate of drug-likeness (QED) is 0.679. The lowest BCUT2D eigenvalue weighted by Gasteiger charge is -2.20. The minimum absolute atomic E-state index is 0.664. The van der Waals surface area contributed by atoms with E-state index >= 15 is 0 Å². The highest BCUT2D eigenvalue weighted by Crippen LogP contribution is 2.01. The Morgan fingerprint density at radius 3 is 2.80 bits per heavy atom. The smallest absolute Gasteiger partial charge is 0.0963 e. The molecule has 0 spiro atoms. The van der Waals surface area contributed by atoms with Crippen molar-refractivity contribution in [3.8, 4) is 0 Å². The van der Waals surface area contributed by atoms with Crippen LogP contribution < -0.4 is 5.32 Å². The maximum Gasteiger partial charge on any atom is 0.0963 e. The summed E-state index contributed by atoms with van der Waals surface area (Å²) in [4.78, 5) is 6.79. The molecular formula is C12H25N3. The Morgan fingerprint density at radius 1 is 1.40 bits per heavy atom. The summed E-state index contributed by atoms with van der Waals surface area (Å²) in [6, 6.07) is 0.664. The first kappa shape index (κ1) is 12.5. The van der Waals surface area contributed by atoms with Crippen LogP contribution in [0.4, 0.5) is 0 Å². The number of unbranched alkanes of at least 4 members (excludes halogenated alkanes) is 1. The van der Waals surface area contributed by atoms with Crippen molar-refractivity contribution in [3.63, 3.8) is 0 Å². The summed E-state index contributed by atoms with van der Waals surface area (Å²) >= 11 is 0. The third-order valence-electron chi connectivity index (χ3n) is 3.02. The molecule has 1 N–H and O–H groups in total. The molecule has 0 aliphatic carbocycles. The molecule has 3 heteroatoms. The second-order valence-electron chi connectivity index (χ2n) is 4.64. The molecule has 0 saturated carbocycles. The molecule has 0 radical (unpaired) electrons. The van der Waals surface area contributed by atoms with Gasteiger partial charge in [-0.05, 0) is 46.7 Å². The summed E-state index contributed by atoms with van der Waals surface area (Å²) in [5.74, 6) is 1.23. The number of hydrogen-bond acceptors (Lipinski definition) is 3. The average molecular weight is 211 g/mol. The van der Waals surface area contributed by atoms with Crippen LogP contribution in [0, 0.1) is 0 Å². The predicted molar refractivity (Wildman–Crippen MR) is 66.5 cm³/mol. The Morgan fingerprint density at radius 2 is 2.20 bits per heavy atom. The topological polar surface area (TPSA) is 27.6 Å². The van der Waals surface area contributed by atoms with Gasteiger partial charge in [-0.1, -0.05) is 0 Å². The van der Waals surface area contributed by atoms with Gasteiger partial charge in [-0.2, -0.15) is 0 Å². The van der Waals surface area contributed by atoms with Crippen LogP contribution in [0.3, 0.4) is 0 Å². The number of rotatable bonds is 6. The molecule has 1 heterocycles. The zero-order chi connectivity index (χ0) is 11.1. The average Bonchev–Trinajstić information content (AvgIpc) is 2.69. The first-order chi connectivity index (χ1) is 7.20. The molecule has 15 heavy (non-hydrogen) atoms. The summed E-state index contributed by atoms with van der Waals surface area (Å²) in [7, 11) is 2.19. The summed E-state index contributed by atoms with van der Waals surface area (Å²) < 4.78 is 0. The normalized spacial score (nSPS) is 16.2. The van der Waals surface area contributed by atoms with Gasteiger partial charge in [0.1, 0.15) is 0 Å². The van der Waals surface area contributed by atoms with Crippen LogP contribution in [0.5, 0.6) is 0 Å². The lowest BCUT2D eigenvalue weighted by atomic mass is 10.2. The maximum absolute atomic E-state index is 4.39.